The summed E-state index contributed by atoms with van der Waals surface area (Å²) in [5.74, 6) is -0.0319. The highest BCUT2D eigenvalue weighted by Crippen LogP contribution is 2.21. The van der Waals surface area contributed by atoms with Crippen LogP contribution >= 0.6 is 11.3 Å². The molecule has 0 aliphatic rings. The van der Waals surface area contributed by atoms with Gasteiger partial charge in [0, 0.05) is 11.9 Å². The monoisotopic (exact) mass is 213 g/mol. The van der Waals surface area contributed by atoms with E-state index >= 15 is 0 Å². The van der Waals surface area contributed by atoms with Crippen LogP contribution in [0.25, 0.3) is 0 Å². The van der Waals surface area contributed by atoms with Crippen LogP contribution in [0.2, 0.25) is 0 Å². The third-order valence-corrected chi connectivity index (χ3v) is 3.01. The Bertz CT molecular complexity index is 315. The molecule has 78 valence electrons. The predicted octanol–water partition coefficient (Wildman–Crippen LogP) is 1.31. The fourth-order valence-electron chi connectivity index (χ4n) is 1.00. The first kappa shape index (κ1) is 11.0. The summed E-state index contributed by atoms with van der Waals surface area (Å²) in [7, 11) is 1.62. The zero-order valence-corrected chi connectivity index (χ0v) is 9.66. The number of aromatic nitrogens is 1. The highest BCUT2D eigenvalue weighted by Gasteiger charge is 2.12. The van der Waals surface area contributed by atoms with Crippen molar-refractivity contribution in [1.82, 2.24) is 10.3 Å². The van der Waals surface area contributed by atoms with Crippen LogP contribution in [-0.4, -0.2) is 24.0 Å². The van der Waals surface area contributed by atoms with Gasteiger partial charge in [0.25, 0.3) is 0 Å². The molecule has 4 nitrogen and oxygen atoms in total. The Morgan fingerprint density at radius 3 is 2.57 bits per heavy atom. The van der Waals surface area contributed by atoms with E-state index in [0.717, 1.165) is 10.8 Å². The number of amides is 1. The van der Waals surface area contributed by atoms with Crippen molar-refractivity contribution >= 4 is 22.4 Å². The summed E-state index contributed by atoms with van der Waals surface area (Å²) >= 11 is 1.57. The number of likely N-dealkylation sites (N-methyl/N-ethyl adjacent to an activating group) is 1. The van der Waals surface area contributed by atoms with Gasteiger partial charge in [-0.2, -0.15) is 0 Å². The molecule has 1 unspecified atom stereocenters. The van der Waals surface area contributed by atoms with Gasteiger partial charge in [0.05, 0.1) is 5.69 Å². The Balaban J connectivity index is 2.64. The van der Waals surface area contributed by atoms with E-state index < -0.39 is 0 Å². The minimum absolute atomic E-state index is 0.0319. The smallest absolute Gasteiger partial charge is 0.242 e. The average Bonchev–Trinajstić information content (AvgIpc) is 2.44. The molecular weight excluding hydrogens is 198 g/mol. The van der Waals surface area contributed by atoms with Crippen molar-refractivity contribution in [2.45, 2.75) is 26.8 Å². The summed E-state index contributed by atoms with van der Waals surface area (Å²) in [4.78, 5) is 16.7. The largest absolute Gasteiger partial charge is 0.357 e. The second-order valence-corrected chi connectivity index (χ2v) is 4.34. The van der Waals surface area contributed by atoms with E-state index in [0.29, 0.717) is 0 Å². The van der Waals surface area contributed by atoms with Crippen LogP contribution in [0.3, 0.4) is 0 Å². The third kappa shape index (κ3) is 2.45. The Morgan fingerprint density at radius 1 is 1.50 bits per heavy atom. The van der Waals surface area contributed by atoms with Crippen LogP contribution in [-0.2, 0) is 4.79 Å². The van der Waals surface area contributed by atoms with Crippen molar-refractivity contribution in [2.75, 3.05) is 12.4 Å². The lowest BCUT2D eigenvalue weighted by molar-refractivity contribution is -0.121. The van der Waals surface area contributed by atoms with Crippen molar-refractivity contribution in [3.8, 4) is 0 Å². The van der Waals surface area contributed by atoms with Crippen molar-refractivity contribution in [3.63, 3.8) is 0 Å². The number of nitrogens with zero attached hydrogens (tertiary/aromatic N) is 1. The van der Waals surface area contributed by atoms with E-state index in [4.69, 9.17) is 0 Å². The number of carbonyl (C=O) groups is 1. The van der Waals surface area contributed by atoms with Gasteiger partial charge in [0.1, 0.15) is 6.04 Å². The topological polar surface area (TPSA) is 54.0 Å². The molecule has 0 spiro atoms. The summed E-state index contributed by atoms with van der Waals surface area (Å²) in [5.41, 5.74) is 1.02. The number of nitrogens with one attached hydrogen (secondary N) is 2. The fraction of sp³-hybridized carbons (Fsp3) is 0.556. The number of hydrogen-bond donors (Lipinski definition) is 2. The van der Waals surface area contributed by atoms with E-state index in [2.05, 4.69) is 15.6 Å². The van der Waals surface area contributed by atoms with Gasteiger partial charge in [-0.05, 0) is 20.8 Å². The molecule has 0 bridgehead atoms. The zero-order valence-electron chi connectivity index (χ0n) is 8.84. The van der Waals surface area contributed by atoms with Crippen molar-refractivity contribution < 1.29 is 4.79 Å². The molecule has 1 amide bonds. The van der Waals surface area contributed by atoms with E-state index in [-0.39, 0.29) is 11.9 Å². The highest BCUT2D eigenvalue weighted by atomic mass is 32.1. The Labute approximate surface area is 87.7 Å². The predicted molar refractivity (Wildman–Crippen MR) is 58.7 cm³/mol. The molecule has 2 N–H and O–H groups in total. The van der Waals surface area contributed by atoms with E-state index in [1.54, 1.807) is 18.4 Å². The number of hydrogen-bond acceptors (Lipinski definition) is 4. The second kappa shape index (κ2) is 4.41. The molecule has 1 atom stereocenters. The van der Waals surface area contributed by atoms with Crippen molar-refractivity contribution in [1.29, 1.82) is 0 Å². The van der Waals surface area contributed by atoms with Gasteiger partial charge in [-0.15, -0.1) is 11.3 Å². The van der Waals surface area contributed by atoms with E-state index in [1.165, 1.54) is 4.88 Å². The van der Waals surface area contributed by atoms with Gasteiger partial charge in [-0.3, -0.25) is 4.79 Å². The molecule has 1 rings (SSSR count). The van der Waals surface area contributed by atoms with E-state index in [9.17, 15) is 4.79 Å². The molecule has 0 aliphatic heterocycles. The van der Waals surface area contributed by atoms with Gasteiger partial charge >= 0.3 is 0 Å². The molecule has 0 saturated heterocycles. The maximum atomic E-state index is 11.2. The molecule has 0 fully saturated rings. The molecule has 1 aromatic rings. The number of anilines is 1. The summed E-state index contributed by atoms with van der Waals surface area (Å²) in [5, 5.41) is 6.43. The molecule has 1 aromatic heterocycles. The van der Waals surface area contributed by atoms with Gasteiger partial charge in [-0.25, -0.2) is 4.98 Å². The van der Waals surface area contributed by atoms with Crippen LogP contribution in [0.4, 0.5) is 5.13 Å². The molecule has 5 heteroatoms. The number of carbonyl (C=O) groups excluding carboxylic acids is 1. The molecule has 14 heavy (non-hydrogen) atoms. The zero-order chi connectivity index (χ0) is 10.7. The lowest BCUT2D eigenvalue weighted by Crippen LogP contribution is -2.35. The highest BCUT2D eigenvalue weighted by molar-refractivity contribution is 7.15. The summed E-state index contributed by atoms with van der Waals surface area (Å²) < 4.78 is 0. The van der Waals surface area contributed by atoms with Crippen LogP contribution in [0, 0.1) is 13.8 Å². The normalized spacial score (nSPS) is 12.3. The van der Waals surface area contributed by atoms with Crippen molar-refractivity contribution in [3.05, 3.63) is 10.6 Å². The number of aryl methyl sites for hydroxylation is 2. The molecular formula is C9H15N3OS. The molecule has 0 aliphatic carbocycles. The van der Waals surface area contributed by atoms with Gasteiger partial charge in [0.2, 0.25) is 5.91 Å². The lowest BCUT2D eigenvalue weighted by atomic mass is 10.3. The Hall–Kier alpha value is -1.10. The van der Waals surface area contributed by atoms with Crippen LogP contribution in [0.1, 0.15) is 17.5 Å². The van der Waals surface area contributed by atoms with Crippen LogP contribution in [0.15, 0.2) is 0 Å². The summed E-state index contributed by atoms with van der Waals surface area (Å²) in [6.45, 7) is 5.79. The SMILES string of the molecule is CNC(=O)C(C)Nc1nc(C)c(C)s1. The molecule has 0 aromatic carbocycles. The maximum Gasteiger partial charge on any atom is 0.242 e. The summed E-state index contributed by atoms with van der Waals surface area (Å²) in [6, 6.07) is -0.245. The molecule has 1 heterocycles. The quantitative estimate of drug-likeness (QED) is 0.796. The van der Waals surface area contributed by atoms with E-state index in [1.807, 2.05) is 20.8 Å². The van der Waals surface area contributed by atoms with Crippen LogP contribution in [0.5, 0.6) is 0 Å². The summed E-state index contributed by atoms with van der Waals surface area (Å²) in [6.07, 6.45) is 0. The fourth-order valence-corrected chi connectivity index (χ4v) is 1.90. The van der Waals surface area contributed by atoms with Crippen LogP contribution < -0.4 is 10.6 Å². The minimum Gasteiger partial charge on any atom is -0.357 e. The Kier molecular flexibility index (Phi) is 3.46. The minimum atomic E-state index is -0.245. The first-order valence-electron chi connectivity index (χ1n) is 4.46. The van der Waals surface area contributed by atoms with Gasteiger partial charge < -0.3 is 10.6 Å². The second-order valence-electron chi connectivity index (χ2n) is 3.14. The van der Waals surface area contributed by atoms with Gasteiger partial charge in [0.15, 0.2) is 5.13 Å². The third-order valence-electron chi connectivity index (χ3n) is 2.01. The first-order valence-corrected chi connectivity index (χ1v) is 5.28. The average molecular weight is 213 g/mol. The standard InChI is InChI=1S/C9H15N3OS/c1-5-7(3)14-9(11-5)12-6(2)8(13)10-4/h6H,1-4H3,(H,10,13)(H,11,12). The number of thiazole rings is 1. The maximum absolute atomic E-state index is 11.2. The number of rotatable bonds is 3. The molecule has 0 saturated carbocycles. The lowest BCUT2D eigenvalue weighted by Gasteiger charge is -2.10. The van der Waals surface area contributed by atoms with Crippen molar-refractivity contribution in [2.24, 2.45) is 0 Å². The van der Waals surface area contributed by atoms with Gasteiger partial charge in [-0.1, -0.05) is 0 Å². The molecule has 0 radical (unpaired) electrons. The Morgan fingerprint density at radius 2 is 2.14 bits per heavy atom. The first-order chi connectivity index (χ1) is 6.54.